The Morgan fingerprint density at radius 3 is 3.00 bits per heavy atom. The Bertz CT molecular complexity index is 412. The van der Waals surface area contributed by atoms with Crippen LogP contribution in [0.5, 0.6) is 0 Å². The molecule has 4 heteroatoms. The van der Waals surface area contributed by atoms with Gasteiger partial charge in [-0.3, -0.25) is 4.79 Å². The highest BCUT2D eigenvalue weighted by molar-refractivity contribution is 5.93. The monoisotopic (exact) mass is 250 g/mol. The van der Waals surface area contributed by atoms with Gasteiger partial charge in [-0.05, 0) is 38.8 Å². The molecule has 2 rings (SSSR count). The van der Waals surface area contributed by atoms with Crippen LogP contribution < -0.4 is 5.32 Å². The van der Waals surface area contributed by atoms with Crippen LogP contribution in [0.1, 0.15) is 49.6 Å². The number of carbonyl (C=O) groups is 1. The van der Waals surface area contributed by atoms with Crippen molar-refractivity contribution in [1.29, 1.82) is 0 Å². The molecule has 18 heavy (non-hydrogen) atoms. The number of carbonyl (C=O) groups excluding carboxylic acids is 1. The third-order valence-electron chi connectivity index (χ3n) is 3.78. The summed E-state index contributed by atoms with van der Waals surface area (Å²) >= 11 is 0. The van der Waals surface area contributed by atoms with E-state index in [4.69, 9.17) is 0 Å². The highest BCUT2D eigenvalue weighted by atomic mass is 16.3. The predicted octanol–water partition coefficient (Wildman–Crippen LogP) is 1.96. The lowest BCUT2D eigenvalue weighted by Gasteiger charge is -2.20. The number of amides is 1. The molecule has 0 bridgehead atoms. The zero-order valence-corrected chi connectivity index (χ0v) is 11.1. The van der Waals surface area contributed by atoms with Crippen molar-refractivity contribution in [2.45, 2.75) is 45.2 Å². The van der Waals surface area contributed by atoms with Gasteiger partial charge in [-0.25, -0.2) is 0 Å². The average Bonchev–Trinajstić information content (AvgIpc) is 2.96. The molecule has 0 spiro atoms. The first-order valence-corrected chi connectivity index (χ1v) is 6.72. The maximum atomic E-state index is 12.2. The molecule has 1 aliphatic carbocycles. The minimum atomic E-state index is -0.0287. The smallest absolute Gasteiger partial charge is 0.268 e. The van der Waals surface area contributed by atoms with E-state index in [-0.39, 0.29) is 30.5 Å². The second-order valence-corrected chi connectivity index (χ2v) is 5.35. The molecule has 2 atom stereocenters. The normalized spacial score (nSPS) is 23.6. The molecule has 1 heterocycles. The minimum Gasteiger partial charge on any atom is -0.396 e. The van der Waals surface area contributed by atoms with E-state index in [0.29, 0.717) is 5.69 Å². The molecule has 0 aromatic carbocycles. The predicted molar refractivity (Wildman–Crippen MR) is 70.5 cm³/mol. The number of aliphatic hydroxyl groups excluding tert-OH is 1. The van der Waals surface area contributed by atoms with Gasteiger partial charge < -0.3 is 15.0 Å². The Hall–Kier alpha value is -1.29. The van der Waals surface area contributed by atoms with Crippen molar-refractivity contribution in [1.82, 2.24) is 9.88 Å². The quantitative estimate of drug-likeness (QED) is 0.858. The van der Waals surface area contributed by atoms with Gasteiger partial charge in [0.15, 0.2) is 0 Å². The standard InChI is InChI=1S/C14H22N2O2/c1-10(2)16-8-4-7-13(16)14(18)15-12-6-3-5-11(12)9-17/h4,7-8,10-12,17H,3,5-6,9H2,1-2H3,(H,15,18). The number of hydrogen-bond donors (Lipinski definition) is 2. The molecule has 0 aliphatic heterocycles. The summed E-state index contributed by atoms with van der Waals surface area (Å²) in [5, 5.41) is 12.3. The molecule has 1 aromatic rings. The van der Waals surface area contributed by atoms with Crippen LogP contribution in [-0.4, -0.2) is 28.2 Å². The first-order chi connectivity index (χ1) is 8.63. The van der Waals surface area contributed by atoms with E-state index >= 15 is 0 Å². The fraction of sp³-hybridized carbons (Fsp3) is 0.643. The van der Waals surface area contributed by atoms with E-state index < -0.39 is 0 Å². The van der Waals surface area contributed by atoms with Crippen LogP contribution in [0.15, 0.2) is 18.3 Å². The molecular formula is C14H22N2O2. The van der Waals surface area contributed by atoms with E-state index in [0.717, 1.165) is 19.3 Å². The molecule has 4 nitrogen and oxygen atoms in total. The van der Waals surface area contributed by atoms with E-state index in [1.54, 1.807) is 0 Å². The van der Waals surface area contributed by atoms with Crippen LogP contribution in [0.2, 0.25) is 0 Å². The van der Waals surface area contributed by atoms with Gasteiger partial charge in [0, 0.05) is 30.8 Å². The van der Waals surface area contributed by atoms with Gasteiger partial charge in [-0.1, -0.05) is 6.42 Å². The number of aliphatic hydroxyl groups is 1. The van der Waals surface area contributed by atoms with E-state index in [1.807, 2.05) is 22.9 Å². The number of nitrogens with zero attached hydrogens (tertiary/aromatic N) is 1. The lowest BCUT2D eigenvalue weighted by Crippen LogP contribution is -2.39. The summed E-state index contributed by atoms with van der Waals surface area (Å²) in [7, 11) is 0. The van der Waals surface area contributed by atoms with Crippen molar-refractivity contribution in [3.63, 3.8) is 0 Å². The summed E-state index contributed by atoms with van der Waals surface area (Å²) in [5.74, 6) is 0.190. The number of nitrogens with one attached hydrogen (secondary N) is 1. The van der Waals surface area contributed by atoms with Gasteiger partial charge in [0.25, 0.3) is 5.91 Å². The number of rotatable bonds is 4. The van der Waals surface area contributed by atoms with Crippen LogP contribution in [-0.2, 0) is 0 Å². The minimum absolute atomic E-state index is 0.0287. The highest BCUT2D eigenvalue weighted by Crippen LogP contribution is 2.25. The van der Waals surface area contributed by atoms with Gasteiger partial charge in [0.05, 0.1) is 0 Å². The molecule has 2 unspecified atom stereocenters. The van der Waals surface area contributed by atoms with Crippen molar-refractivity contribution < 1.29 is 9.90 Å². The second-order valence-electron chi connectivity index (χ2n) is 5.35. The molecule has 1 saturated carbocycles. The summed E-state index contributed by atoms with van der Waals surface area (Å²) in [6.45, 7) is 4.28. The van der Waals surface area contributed by atoms with Crippen molar-refractivity contribution >= 4 is 5.91 Å². The molecule has 1 fully saturated rings. The van der Waals surface area contributed by atoms with Gasteiger partial charge >= 0.3 is 0 Å². The maximum Gasteiger partial charge on any atom is 0.268 e. The molecule has 0 radical (unpaired) electrons. The van der Waals surface area contributed by atoms with Crippen LogP contribution >= 0.6 is 0 Å². The van der Waals surface area contributed by atoms with Gasteiger partial charge in [0.2, 0.25) is 0 Å². The van der Waals surface area contributed by atoms with Crippen LogP contribution in [0.25, 0.3) is 0 Å². The topological polar surface area (TPSA) is 54.3 Å². The van der Waals surface area contributed by atoms with Crippen molar-refractivity contribution in [2.24, 2.45) is 5.92 Å². The molecule has 2 N–H and O–H groups in total. The Balaban J connectivity index is 2.05. The van der Waals surface area contributed by atoms with Crippen LogP contribution in [0, 0.1) is 5.92 Å². The zero-order chi connectivity index (χ0) is 13.1. The Morgan fingerprint density at radius 2 is 2.33 bits per heavy atom. The second kappa shape index (κ2) is 5.57. The Kier molecular flexibility index (Phi) is 4.07. The lowest BCUT2D eigenvalue weighted by atomic mass is 10.1. The van der Waals surface area contributed by atoms with E-state index in [2.05, 4.69) is 19.2 Å². The largest absolute Gasteiger partial charge is 0.396 e. The van der Waals surface area contributed by atoms with E-state index in [9.17, 15) is 9.90 Å². The Labute approximate surface area is 108 Å². The van der Waals surface area contributed by atoms with Gasteiger partial charge in [0.1, 0.15) is 5.69 Å². The molecule has 0 saturated heterocycles. The molecule has 1 aliphatic rings. The Morgan fingerprint density at radius 1 is 1.56 bits per heavy atom. The summed E-state index contributed by atoms with van der Waals surface area (Å²) in [6.07, 6.45) is 4.99. The van der Waals surface area contributed by atoms with Gasteiger partial charge in [-0.15, -0.1) is 0 Å². The first kappa shape index (κ1) is 13.1. The maximum absolute atomic E-state index is 12.2. The summed E-state index contributed by atoms with van der Waals surface area (Å²) in [5.41, 5.74) is 0.702. The van der Waals surface area contributed by atoms with Crippen LogP contribution in [0.3, 0.4) is 0 Å². The fourth-order valence-electron chi connectivity index (χ4n) is 2.72. The van der Waals surface area contributed by atoms with Crippen molar-refractivity contribution in [2.75, 3.05) is 6.61 Å². The average molecular weight is 250 g/mol. The molecule has 1 aromatic heterocycles. The third-order valence-corrected chi connectivity index (χ3v) is 3.78. The lowest BCUT2D eigenvalue weighted by molar-refractivity contribution is 0.0905. The summed E-state index contributed by atoms with van der Waals surface area (Å²) in [4.78, 5) is 12.2. The fourth-order valence-corrected chi connectivity index (χ4v) is 2.72. The first-order valence-electron chi connectivity index (χ1n) is 6.72. The van der Waals surface area contributed by atoms with Crippen LogP contribution in [0.4, 0.5) is 0 Å². The zero-order valence-electron chi connectivity index (χ0n) is 11.1. The van der Waals surface area contributed by atoms with E-state index in [1.165, 1.54) is 0 Å². The summed E-state index contributed by atoms with van der Waals surface area (Å²) in [6, 6.07) is 4.14. The SMILES string of the molecule is CC(C)n1cccc1C(=O)NC1CCCC1CO. The van der Waals surface area contributed by atoms with Crippen molar-refractivity contribution in [3.05, 3.63) is 24.0 Å². The third kappa shape index (κ3) is 2.58. The molecular weight excluding hydrogens is 228 g/mol. The number of hydrogen-bond acceptors (Lipinski definition) is 2. The summed E-state index contributed by atoms with van der Waals surface area (Å²) < 4.78 is 1.97. The van der Waals surface area contributed by atoms with Gasteiger partial charge in [-0.2, -0.15) is 0 Å². The molecule has 100 valence electrons. The van der Waals surface area contributed by atoms with Crippen molar-refractivity contribution in [3.8, 4) is 0 Å². The molecule has 1 amide bonds. The highest BCUT2D eigenvalue weighted by Gasteiger charge is 2.28. The number of aromatic nitrogens is 1.